The van der Waals surface area contributed by atoms with Gasteiger partial charge < -0.3 is 10.6 Å². The molecule has 0 amide bonds. The van der Waals surface area contributed by atoms with E-state index < -0.39 is 0 Å². The fourth-order valence-electron chi connectivity index (χ4n) is 2.04. The lowest BCUT2D eigenvalue weighted by atomic mass is 10.2. The minimum absolute atomic E-state index is 0.0300. The van der Waals surface area contributed by atoms with Gasteiger partial charge in [-0.3, -0.25) is 0 Å². The molecule has 1 aromatic heterocycles. The van der Waals surface area contributed by atoms with E-state index >= 15 is 0 Å². The maximum atomic E-state index is 13.3. The van der Waals surface area contributed by atoms with E-state index in [1.54, 1.807) is 11.0 Å². The van der Waals surface area contributed by atoms with Gasteiger partial charge >= 0.3 is 0 Å². The summed E-state index contributed by atoms with van der Waals surface area (Å²) < 4.78 is 13.3. The molecule has 0 radical (unpaired) electrons. The third kappa shape index (κ3) is 1.84. The van der Waals surface area contributed by atoms with E-state index in [1.165, 1.54) is 12.1 Å². The average Bonchev–Trinajstić information content (AvgIpc) is 2.70. The summed E-state index contributed by atoms with van der Waals surface area (Å²) in [7, 11) is 0. The topological polar surface area (TPSA) is 67.9 Å². The molecule has 1 aliphatic rings. The Bertz CT molecular complexity index is 598. The number of nitrogens with two attached hydrogens (primary N) is 1. The first-order valence-corrected chi connectivity index (χ1v) is 5.74. The summed E-state index contributed by atoms with van der Waals surface area (Å²) in [5.74, 6) is 0.0977. The molecule has 0 bridgehead atoms. The predicted octanol–water partition coefficient (Wildman–Crippen LogP) is 1.94. The number of nitrogen functional groups attached to an aromatic ring is 1. The van der Waals surface area contributed by atoms with Crippen molar-refractivity contribution in [2.45, 2.75) is 6.42 Å². The molecule has 0 aliphatic carbocycles. The third-order valence-corrected chi connectivity index (χ3v) is 2.97. The van der Waals surface area contributed by atoms with Crippen molar-refractivity contribution >= 4 is 29.2 Å². The van der Waals surface area contributed by atoms with E-state index in [0.717, 1.165) is 17.7 Å². The van der Waals surface area contributed by atoms with Crippen molar-refractivity contribution in [3.8, 4) is 0 Å². The van der Waals surface area contributed by atoms with Crippen molar-refractivity contribution in [3.63, 3.8) is 0 Å². The highest BCUT2D eigenvalue weighted by atomic mass is 35.5. The molecule has 0 spiro atoms. The molecular formula is C11H9ClFN5. The van der Waals surface area contributed by atoms with Crippen LogP contribution in [0.1, 0.15) is 5.56 Å². The molecule has 92 valence electrons. The normalized spacial score (nSPS) is 13.8. The highest BCUT2D eigenvalue weighted by Crippen LogP contribution is 2.33. The third-order valence-electron chi connectivity index (χ3n) is 2.80. The second-order valence-electron chi connectivity index (χ2n) is 3.94. The number of aromatic nitrogens is 3. The SMILES string of the molecule is Nc1nc(Cl)nc(N2CCc3ccc(F)cc32)n1. The molecule has 1 aromatic carbocycles. The Labute approximate surface area is 107 Å². The van der Waals surface area contributed by atoms with Gasteiger partial charge in [0.2, 0.25) is 17.2 Å². The van der Waals surface area contributed by atoms with E-state index in [9.17, 15) is 4.39 Å². The molecule has 18 heavy (non-hydrogen) atoms. The largest absolute Gasteiger partial charge is 0.368 e. The van der Waals surface area contributed by atoms with Gasteiger partial charge in [0.25, 0.3) is 0 Å². The molecule has 7 heteroatoms. The van der Waals surface area contributed by atoms with Gasteiger partial charge in [-0.2, -0.15) is 15.0 Å². The molecule has 5 nitrogen and oxygen atoms in total. The Morgan fingerprint density at radius 2 is 2.11 bits per heavy atom. The van der Waals surface area contributed by atoms with E-state index in [1.807, 2.05) is 0 Å². The molecule has 2 heterocycles. The molecule has 0 unspecified atom stereocenters. The fourth-order valence-corrected chi connectivity index (χ4v) is 2.20. The van der Waals surface area contributed by atoms with Gasteiger partial charge in [-0.15, -0.1) is 0 Å². The summed E-state index contributed by atoms with van der Waals surface area (Å²) in [5, 5.41) is 0.0300. The van der Waals surface area contributed by atoms with Crippen LogP contribution in [0.3, 0.4) is 0 Å². The van der Waals surface area contributed by atoms with E-state index in [4.69, 9.17) is 17.3 Å². The minimum Gasteiger partial charge on any atom is -0.368 e. The monoisotopic (exact) mass is 265 g/mol. The summed E-state index contributed by atoms with van der Waals surface area (Å²) in [6, 6.07) is 4.66. The van der Waals surface area contributed by atoms with Gasteiger partial charge in [0.05, 0.1) is 5.69 Å². The van der Waals surface area contributed by atoms with Crippen LogP contribution in [0.25, 0.3) is 0 Å². The van der Waals surface area contributed by atoms with Crippen molar-refractivity contribution in [2.24, 2.45) is 0 Å². The molecule has 2 aromatic rings. The van der Waals surface area contributed by atoms with Crippen LogP contribution in [0.4, 0.5) is 22.0 Å². The zero-order chi connectivity index (χ0) is 12.7. The van der Waals surface area contributed by atoms with Crippen molar-refractivity contribution in [2.75, 3.05) is 17.2 Å². The highest BCUT2D eigenvalue weighted by molar-refractivity contribution is 6.28. The fraction of sp³-hybridized carbons (Fsp3) is 0.182. The molecule has 0 atom stereocenters. The smallest absolute Gasteiger partial charge is 0.236 e. The number of benzene rings is 1. The average molecular weight is 266 g/mol. The first kappa shape index (κ1) is 11.2. The number of rotatable bonds is 1. The van der Waals surface area contributed by atoms with Gasteiger partial charge in [0, 0.05) is 6.54 Å². The second kappa shape index (κ2) is 4.06. The molecule has 0 fully saturated rings. The predicted molar refractivity (Wildman–Crippen MR) is 66.4 cm³/mol. The van der Waals surface area contributed by atoms with Crippen LogP contribution in [-0.4, -0.2) is 21.5 Å². The number of nitrogens with zero attached hydrogens (tertiary/aromatic N) is 4. The lowest BCUT2D eigenvalue weighted by molar-refractivity contribution is 0.628. The van der Waals surface area contributed by atoms with Gasteiger partial charge in [0.15, 0.2) is 0 Å². The quantitative estimate of drug-likeness (QED) is 0.853. The molecule has 0 saturated heterocycles. The first-order valence-electron chi connectivity index (χ1n) is 5.36. The zero-order valence-corrected chi connectivity index (χ0v) is 10.0. The van der Waals surface area contributed by atoms with Crippen LogP contribution in [0.15, 0.2) is 18.2 Å². The molecule has 2 N–H and O–H groups in total. The van der Waals surface area contributed by atoms with Crippen LogP contribution >= 0.6 is 11.6 Å². The van der Waals surface area contributed by atoms with E-state index in [-0.39, 0.29) is 17.0 Å². The Morgan fingerprint density at radius 3 is 2.89 bits per heavy atom. The summed E-state index contributed by atoms with van der Waals surface area (Å²) in [5.41, 5.74) is 7.32. The Morgan fingerprint density at radius 1 is 1.28 bits per heavy atom. The second-order valence-corrected chi connectivity index (χ2v) is 4.28. The van der Waals surface area contributed by atoms with Crippen LogP contribution in [0.2, 0.25) is 5.28 Å². The van der Waals surface area contributed by atoms with Crippen molar-refractivity contribution in [1.29, 1.82) is 0 Å². The molecule has 3 rings (SSSR count). The molecular weight excluding hydrogens is 257 g/mol. The first-order chi connectivity index (χ1) is 8.63. The summed E-state index contributed by atoms with van der Waals surface area (Å²) in [6.45, 7) is 0.665. The van der Waals surface area contributed by atoms with Crippen molar-refractivity contribution in [3.05, 3.63) is 34.9 Å². The Kier molecular flexibility index (Phi) is 2.52. The Balaban J connectivity index is 2.08. The number of hydrogen-bond donors (Lipinski definition) is 1. The summed E-state index contributed by atoms with van der Waals surface area (Å²) in [6.07, 6.45) is 0.804. The number of fused-ring (bicyclic) bond motifs is 1. The Hall–Kier alpha value is -1.95. The van der Waals surface area contributed by atoms with Crippen molar-refractivity contribution in [1.82, 2.24) is 15.0 Å². The number of halogens is 2. The maximum absolute atomic E-state index is 13.3. The molecule has 0 saturated carbocycles. The summed E-state index contributed by atoms with van der Waals surface area (Å²) in [4.78, 5) is 13.5. The molecule has 1 aliphatic heterocycles. The van der Waals surface area contributed by atoms with Gasteiger partial charge in [-0.05, 0) is 35.7 Å². The lowest BCUT2D eigenvalue weighted by Gasteiger charge is -2.17. The lowest BCUT2D eigenvalue weighted by Crippen LogP contribution is -2.17. The standard InChI is InChI=1S/C11H9ClFN5/c12-9-15-10(14)17-11(16-9)18-4-3-6-1-2-7(13)5-8(6)18/h1-2,5H,3-4H2,(H2,14,15,16,17). The number of hydrogen-bond acceptors (Lipinski definition) is 5. The van der Waals surface area contributed by atoms with Crippen LogP contribution in [0.5, 0.6) is 0 Å². The van der Waals surface area contributed by atoms with Crippen LogP contribution in [0, 0.1) is 5.82 Å². The minimum atomic E-state index is -0.297. The summed E-state index contributed by atoms with van der Waals surface area (Å²) >= 11 is 5.74. The van der Waals surface area contributed by atoms with Crippen LogP contribution in [-0.2, 0) is 6.42 Å². The number of anilines is 3. The van der Waals surface area contributed by atoms with Gasteiger partial charge in [-0.1, -0.05) is 6.07 Å². The van der Waals surface area contributed by atoms with Crippen LogP contribution < -0.4 is 10.6 Å². The van der Waals surface area contributed by atoms with Gasteiger partial charge in [-0.25, -0.2) is 4.39 Å². The van der Waals surface area contributed by atoms with E-state index in [2.05, 4.69) is 15.0 Å². The maximum Gasteiger partial charge on any atom is 0.236 e. The van der Waals surface area contributed by atoms with Gasteiger partial charge in [0.1, 0.15) is 5.82 Å². The highest BCUT2D eigenvalue weighted by Gasteiger charge is 2.23. The van der Waals surface area contributed by atoms with Crippen molar-refractivity contribution < 1.29 is 4.39 Å². The van der Waals surface area contributed by atoms with E-state index in [0.29, 0.717) is 12.5 Å². The zero-order valence-electron chi connectivity index (χ0n) is 9.27.